The first-order valence-electron chi connectivity index (χ1n) is 13.5. The van der Waals surface area contributed by atoms with Gasteiger partial charge in [-0.3, -0.25) is 5.21 Å². The second kappa shape index (κ2) is 11.0. The molecule has 1 N–H and O–H groups in total. The summed E-state index contributed by atoms with van der Waals surface area (Å²) in [5, 5.41) is 20.6. The van der Waals surface area contributed by atoms with Crippen LogP contribution >= 0.6 is 0 Å². The molecular weight excluding hydrogens is 436 g/mol. The van der Waals surface area contributed by atoms with Crippen LogP contribution in [0.5, 0.6) is 5.75 Å². The molecule has 2 aliphatic heterocycles. The van der Waals surface area contributed by atoms with Crippen LogP contribution in [0.15, 0.2) is 48.5 Å². The molecule has 0 amide bonds. The van der Waals surface area contributed by atoms with Crippen molar-refractivity contribution in [2.75, 3.05) is 16.7 Å². The number of para-hydroxylation sites is 1. The summed E-state index contributed by atoms with van der Waals surface area (Å²) in [6.07, 6.45) is 17.3. The van der Waals surface area contributed by atoms with E-state index in [1.54, 1.807) is 18.2 Å². The van der Waals surface area contributed by atoms with Gasteiger partial charge in [0, 0.05) is 17.8 Å². The predicted octanol–water partition coefficient (Wildman–Crippen LogP) is 8.20. The number of ether oxygens (including phenoxy) is 1. The lowest BCUT2D eigenvalue weighted by Crippen LogP contribution is -2.59. The van der Waals surface area contributed by atoms with Gasteiger partial charge in [-0.15, -0.1) is 0 Å². The number of benzene rings is 2. The first-order valence-corrected chi connectivity index (χ1v) is 13.5. The SMILES string of the molecule is CCCCCCCCCCCCN1c2ccccc2C(C)(C)[C@@]12C=Cc1cc(N([O-])O)ccc1O2. The van der Waals surface area contributed by atoms with Crippen LogP contribution in [-0.4, -0.2) is 17.5 Å². The van der Waals surface area contributed by atoms with E-state index in [0.717, 1.165) is 24.3 Å². The zero-order valence-corrected chi connectivity index (χ0v) is 21.6. The standard InChI is InChI=1S/C30H41N2O3/c1-4-5-6-7-8-9-10-11-12-15-22-31-27-17-14-13-16-26(27)29(2,3)30(31)21-20-24-23-25(32(33)34)18-19-28(24)35-30/h13-14,16-21,23,33H,4-12,15,22H2,1-3H3/q-1/t30-/m0/s1. The Morgan fingerprint density at radius 3 is 2.26 bits per heavy atom. The maximum atomic E-state index is 11.4. The number of hydrogen-bond acceptors (Lipinski definition) is 5. The van der Waals surface area contributed by atoms with Crippen LogP contribution in [0, 0.1) is 5.21 Å². The summed E-state index contributed by atoms with van der Waals surface area (Å²) in [6, 6.07) is 13.7. The Morgan fingerprint density at radius 1 is 0.914 bits per heavy atom. The Hall–Kier alpha value is -2.50. The lowest BCUT2D eigenvalue weighted by molar-refractivity contribution is 0.0531. The van der Waals surface area contributed by atoms with Crippen molar-refractivity contribution in [2.45, 2.75) is 96.1 Å². The van der Waals surface area contributed by atoms with Gasteiger partial charge in [0.15, 0.2) is 0 Å². The van der Waals surface area contributed by atoms with Crippen LogP contribution in [-0.2, 0) is 5.41 Å². The third kappa shape index (κ3) is 5.07. The molecule has 0 aromatic heterocycles. The highest BCUT2D eigenvalue weighted by Gasteiger charge is 2.58. The summed E-state index contributed by atoms with van der Waals surface area (Å²) in [7, 11) is 0. The van der Waals surface area contributed by atoms with Crippen molar-refractivity contribution in [1.82, 2.24) is 0 Å². The van der Waals surface area contributed by atoms with Crippen LogP contribution in [0.1, 0.15) is 96.1 Å². The van der Waals surface area contributed by atoms with Gasteiger partial charge in [0.1, 0.15) is 5.75 Å². The predicted molar refractivity (Wildman–Crippen MR) is 145 cm³/mol. The van der Waals surface area contributed by atoms with Gasteiger partial charge in [-0.2, -0.15) is 0 Å². The molecule has 0 fully saturated rings. The molecule has 0 saturated carbocycles. The lowest BCUT2D eigenvalue weighted by atomic mass is 9.76. The van der Waals surface area contributed by atoms with E-state index in [-0.39, 0.29) is 16.3 Å². The zero-order valence-electron chi connectivity index (χ0n) is 21.6. The highest BCUT2D eigenvalue weighted by molar-refractivity contribution is 5.73. The average Bonchev–Trinajstić information content (AvgIpc) is 3.03. The summed E-state index contributed by atoms with van der Waals surface area (Å²) in [5.74, 6) is 0.729. The maximum absolute atomic E-state index is 11.4. The molecule has 0 radical (unpaired) electrons. The summed E-state index contributed by atoms with van der Waals surface area (Å²) in [6.45, 7) is 7.70. The van der Waals surface area contributed by atoms with Crippen LogP contribution in [0.25, 0.3) is 6.08 Å². The summed E-state index contributed by atoms with van der Waals surface area (Å²) in [5.41, 5.74) is 2.62. The fourth-order valence-corrected chi connectivity index (χ4v) is 5.75. The first-order chi connectivity index (χ1) is 16.9. The highest BCUT2D eigenvalue weighted by atomic mass is 16.8. The molecular formula is C30H41N2O3-. The van der Waals surface area contributed by atoms with Gasteiger partial charge < -0.3 is 20.1 Å². The van der Waals surface area contributed by atoms with E-state index < -0.39 is 5.72 Å². The molecule has 35 heavy (non-hydrogen) atoms. The molecule has 2 aromatic rings. The molecule has 0 bridgehead atoms. The van der Waals surface area contributed by atoms with Crippen molar-refractivity contribution in [3.8, 4) is 5.75 Å². The van der Waals surface area contributed by atoms with Gasteiger partial charge in [0.05, 0.1) is 11.1 Å². The van der Waals surface area contributed by atoms with E-state index in [4.69, 9.17) is 4.74 Å². The van der Waals surface area contributed by atoms with Gasteiger partial charge >= 0.3 is 0 Å². The van der Waals surface area contributed by atoms with Crippen molar-refractivity contribution < 1.29 is 9.94 Å². The average molecular weight is 478 g/mol. The summed E-state index contributed by atoms with van der Waals surface area (Å²) < 4.78 is 6.80. The Bertz CT molecular complexity index is 1020. The van der Waals surface area contributed by atoms with Crippen LogP contribution in [0.3, 0.4) is 0 Å². The maximum Gasteiger partial charge on any atom is 0.212 e. The third-order valence-electron chi connectivity index (χ3n) is 7.87. The smallest absolute Gasteiger partial charge is 0.212 e. The second-order valence-electron chi connectivity index (χ2n) is 10.6. The van der Waals surface area contributed by atoms with E-state index in [1.807, 2.05) is 6.08 Å². The van der Waals surface area contributed by atoms with Crippen LogP contribution < -0.4 is 14.9 Å². The van der Waals surface area contributed by atoms with Gasteiger partial charge in [-0.1, -0.05) is 82.9 Å². The van der Waals surface area contributed by atoms with E-state index >= 15 is 0 Å². The Kier molecular flexibility index (Phi) is 8.08. The minimum absolute atomic E-state index is 0.106. The molecule has 1 atom stereocenters. The molecule has 2 aromatic carbocycles. The van der Waals surface area contributed by atoms with Crippen molar-refractivity contribution in [3.63, 3.8) is 0 Å². The van der Waals surface area contributed by atoms with E-state index in [2.05, 4.69) is 56.0 Å². The van der Waals surface area contributed by atoms with Gasteiger partial charge in [0.2, 0.25) is 5.72 Å². The zero-order chi connectivity index (χ0) is 24.9. The first kappa shape index (κ1) is 25.6. The minimum atomic E-state index is -0.638. The topological polar surface area (TPSA) is 59.0 Å². The molecule has 2 heterocycles. The Labute approximate surface area is 210 Å². The normalized spacial score (nSPS) is 19.5. The molecule has 190 valence electrons. The highest BCUT2D eigenvalue weighted by Crippen LogP contribution is 2.55. The molecule has 4 rings (SSSR count). The number of nitrogens with zero attached hydrogens (tertiary/aromatic N) is 2. The van der Waals surface area contributed by atoms with Gasteiger partial charge in [-0.05, 0) is 62.2 Å². The van der Waals surface area contributed by atoms with Crippen molar-refractivity contribution in [2.24, 2.45) is 0 Å². The van der Waals surface area contributed by atoms with Crippen molar-refractivity contribution in [3.05, 3.63) is 64.9 Å². The molecule has 0 aliphatic carbocycles. The molecule has 0 unspecified atom stereocenters. The van der Waals surface area contributed by atoms with Crippen molar-refractivity contribution >= 4 is 17.5 Å². The van der Waals surface area contributed by atoms with Gasteiger partial charge in [0.25, 0.3) is 0 Å². The number of unbranched alkanes of at least 4 members (excludes halogenated alkanes) is 9. The summed E-state index contributed by atoms with van der Waals surface area (Å²) >= 11 is 0. The van der Waals surface area contributed by atoms with E-state index in [1.165, 1.54) is 69.0 Å². The monoisotopic (exact) mass is 477 g/mol. The molecule has 2 aliphatic rings. The number of hydrogen-bond donors (Lipinski definition) is 1. The number of fused-ring (bicyclic) bond motifs is 2. The fourth-order valence-electron chi connectivity index (χ4n) is 5.75. The van der Waals surface area contributed by atoms with E-state index in [9.17, 15) is 10.4 Å². The molecule has 1 spiro atoms. The molecule has 5 nitrogen and oxygen atoms in total. The van der Waals surface area contributed by atoms with E-state index in [0.29, 0.717) is 0 Å². The number of anilines is 2. The molecule has 5 heteroatoms. The fraction of sp³-hybridized carbons (Fsp3) is 0.533. The van der Waals surface area contributed by atoms with Crippen LogP contribution in [0.2, 0.25) is 0 Å². The van der Waals surface area contributed by atoms with Crippen molar-refractivity contribution in [1.29, 1.82) is 0 Å². The Balaban J connectivity index is 1.45. The van der Waals surface area contributed by atoms with Crippen LogP contribution in [0.4, 0.5) is 11.4 Å². The quantitative estimate of drug-likeness (QED) is 0.247. The largest absolute Gasteiger partial charge is 0.733 e. The van der Waals surface area contributed by atoms with Gasteiger partial charge in [-0.25, -0.2) is 0 Å². The lowest BCUT2D eigenvalue weighted by Gasteiger charge is -2.47. The number of rotatable bonds is 12. The second-order valence-corrected chi connectivity index (χ2v) is 10.6. The molecule has 0 saturated heterocycles. The summed E-state index contributed by atoms with van der Waals surface area (Å²) in [4.78, 5) is 2.44. The third-order valence-corrected chi connectivity index (χ3v) is 7.87. The Morgan fingerprint density at radius 2 is 1.57 bits per heavy atom. The minimum Gasteiger partial charge on any atom is -0.733 e.